The molecule has 0 amide bonds. The lowest BCUT2D eigenvalue weighted by molar-refractivity contribution is 0.189. The van der Waals surface area contributed by atoms with Gasteiger partial charge in [0.25, 0.3) is 0 Å². The minimum atomic E-state index is -3.84. The zero-order valence-electron chi connectivity index (χ0n) is 22.4. The number of aromatic nitrogens is 2. The number of benzene rings is 2. The molecule has 1 aromatic heterocycles. The molecule has 0 spiro atoms. The molecular weight excluding hydrogens is 502 g/mol. The predicted octanol–water partition coefficient (Wildman–Crippen LogP) is 3.14. The average molecular weight is 540 g/mol. The SMILES string of the molecule is Cc1cncnc1N(Nc1ccc(N2CCN(CCO)CC2)cc1)c1ccccc1S(=O)(=O)NC(C)(C)C. The van der Waals surface area contributed by atoms with Crippen molar-refractivity contribution in [3.8, 4) is 0 Å². The van der Waals surface area contributed by atoms with Gasteiger partial charge in [0.2, 0.25) is 10.0 Å². The van der Waals surface area contributed by atoms with Gasteiger partial charge in [-0.15, -0.1) is 0 Å². The first-order valence-electron chi connectivity index (χ1n) is 12.7. The van der Waals surface area contributed by atoms with Crippen LogP contribution < -0.4 is 20.1 Å². The Kier molecular flexibility index (Phi) is 8.51. The Hall–Kier alpha value is -3.25. The molecule has 0 unspecified atom stereocenters. The zero-order valence-corrected chi connectivity index (χ0v) is 23.2. The smallest absolute Gasteiger partial charge is 0.243 e. The molecule has 2 heterocycles. The first-order chi connectivity index (χ1) is 18.1. The van der Waals surface area contributed by atoms with E-state index in [0.29, 0.717) is 18.1 Å². The summed E-state index contributed by atoms with van der Waals surface area (Å²) >= 11 is 0. The van der Waals surface area contributed by atoms with Gasteiger partial charge in [-0.05, 0) is 64.1 Å². The summed E-state index contributed by atoms with van der Waals surface area (Å²) < 4.78 is 29.6. The Balaban J connectivity index is 1.64. The molecule has 11 heteroatoms. The second kappa shape index (κ2) is 11.6. The second-order valence-electron chi connectivity index (χ2n) is 10.4. The first kappa shape index (κ1) is 27.8. The van der Waals surface area contributed by atoms with Gasteiger partial charge in [0, 0.05) is 55.7 Å². The Morgan fingerprint density at radius 1 is 1.03 bits per heavy atom. The van der Waals surface area contributed by atoms with Crippen LogP contribution in [-0.4, -0.2) is 73.3 Å². The van der Waals surface area contributed by atoms with Gasteiger partial charge >= 0.3 is 0 Å². The summed E-state index contributed by atoms with van der Waals surface area (Å²) in [4.78, 5) is 13.3. The molecule has 2 aromatic carbocycles. The van der Waals surface area contributed by atoms with Crippen LogP contribution in [0, 0.1) is 6.92 Å². The minimum absolute atomic E-state index is 0.137. The normalized spacial score (nSPS) is 14.9. The highest BCUT2D eigenvalue weighted by Crippen LogP contribution is 2.33. The van der Waals surface area contributed by atoms with Crippen LogP contribution in [0.5, 0.6) is 0 Å². The van der Waals surface area contributed by atoms with E-state index in [1.165, 1.54) is 6.33 Å². The quantitative estimate of drug-likeness (QED) is 0.353. The van der Waals surface area contributed by atoms with Crippen LogP contribution >= 0.6 is 0 Å². The van der Waals surface area contributed by atoms with Crippen molar-refractivity contribution in [2.45, 2.75) is 38.1 Å². The monoisotopic (exact) mass is 539 g/mol. The first-order valence-corrected chi connectivity index (χ1v) is 14.2. The van der Waals surface area contributed by atoms with Gasteiger partial charge in [0.05, 0.1) is 18.0 Å². The van der Waals surface area contributed by atoms with E-state index in [4.69, 9.17) is 0 Å². The summed E-state index contributed by atoms with van der Waals surface area (Å²) in [6.45, 7) is 11.8. The molecule has 10 nitrogen and oxygen atoms in total. The van der Waals surface area contributed by atoms with Crippen molar-refractivity contribution in [1.82, 2.24) is 19.6 Å². The van der Waals surface area contributed by atoms with Crippen LogP contribution in [0.1, 0.15) is 26.3 Å². The molecule has 1 aliphatic heterocycles. The molecule has 1 saturated heterocycles. The molecule has 204 valence electrons. The summed E-state index contributed by atoms with van der Waals surface area (Å²) in [7, 11) is -3.84. The lowest BCUT2D eigenvalue weighted by Crippen LogP contribution is -2.47. The van der Waals surface area contributed by atoms with E-state index in [0.717, 1.165) is 43.1 Å². The Morgan fingerprint density at radius 2 is 1.71 bits per heavy atom. The third kappa shape index (κ3) is 6.79. The molecule has 4 rings (SSSR count). The topological polar surface area (TPSA) is 114 Å². The van der Waals surface area contributed by atoms with E-state index < -0.39 is 15.6 Å². The third-order valence-corrected chi connectivity index (χ3v) is 7.98. The molecule has 0 aliphatic carbocycles. The average Bonchev–Trinajstić information content (AvgIpc) is 2.88. The van der Waals surface area contributed by atoms with Gasteiger partial charge in [-0.3, -0.25) is 10.3 Å². The van der Waals surface area contributed by atoms with Gasteiger partial charge in [-0.25, -0.2) is 28.1 Å². The highest BCUT2D eigenvalue weighted by atomic mass is 32.2. The number of para-hydroxylation sites is 1. The molecule has 1 aliphatic rings. The summed E-state index contributed by atoms with van der Waals surface area (Å²) in [6, 6.07) is 14.9. The van der Waals surface area contributed by atoms with E-state index in [1.807, 2.05) is 39.8 Å². The molecule has 1 fully saturated rings. The Bertz CT molecular complexity index is 1320. The highest BCUT2D eigenvalue weighted by molar-refractivity contribution is 7.89. The number of hydrogen-bond donors (Lipinski definition) is 3. The maximum Gasteiger partial charge on any atom is 0.243 e. The van der Waals surface area contributed by atoms with Gasteiger partial charge in [-0.1, -0.05) is 12.1 Å². The van der Waals surface area contributed by atoms with E-state index in [9.17, 15) is 13.5 Å². The summed E-state index contributed by atoms with van der Waals surface area (Å²) in [6.07, 6.45) is 3.14. The summed E-state index contributed by atoms with van der Waals surface area (Å²) in [5, 5.41) is 10.9. The standard InChI is InChI=1S/C27H37N7O3S/c1-21-19-28-20-29-26(21)34(24-7-5-6-8-25(24)38(36,37)31-27(2,3)4)30-22-9-11-23(12-10-22)33-15-13-32(14-16-33)17-18-35/h5-12,19-20,30-31,35H,13-18H2,1-4H3. The number of rotatable bonds is 9. The summed E-state index contributed by atoms with van der Waals surface area (Å²) in [5.74, 6) is 0.544. The van der Waals surface area contributed by atoms with E-state index in [-0.39, 0.29) is 11.5 Å². The second-order valence-corrected chi connectivity index (χ2v) is 12.0. The molecule has 3 aromatic rings. The van der Waals surface area contributed by atoms with Gasteiger partial charge in [-0.2, -0.15) is 0 Å². The number of hydrazine groups is 1. The van der Waals surface area contributed by atoms with Crippen molar-refractivity contribution in [3.05, 3.63) is 66.6 Å². The number of sulfonamides is 1. The summed E-state index contributed by atoms with van der Waals surface area (Å²) in [5.41, 5.74) is 5.85. The fourth-order valence-electron chi connectivity index (χ4n) is 4.43. The number of nitrogens with one attached hydrogen (secondary N) is 2. The van der Waals surface area contributed by atoms with Crippen molar-refractivity contribution in [2.75, 3.05) is 54.7 Å². The maximum absolute atomic E-state index is 13.4. The zero-order chi connectivity index (χ0) is 27.3. The fraction of sp³-hybridized carbons (Fsp3) is 0.407. The van der Waals surface area contributed by atoms with E-state index in [2.05, 4.69) is 42.0 Å². The number of aliphatic hydroxyl groups is 1. The maximum atomic E-state index is 13.4. The Morgan fingerprint density at radius 3 is 2.34 bits per heavy atom. The third-order valence-electron chi connectivity index (χ3n) is 6.18. The number of hydrogen-bond acceptors (Lipinski definition) is 9. The van der Waals surface area contributed by atoms with Crippen LogP contribution in [0.15, 0.2) is 66.0 Å². The minimum Gasteiger partial charge on any atom is -0.395 e. The van der Waals surface area contributed by atoms with Crippen molar-refractivity contribution in [2.24, 2.45) is 0 Å². The number of anilines is 4. The van der Waals surface area contributed by atoms with Crippen molar-refractivity contribution in [3.63, 3.8) is 0 Å². The number of β-amino-alcohol motifs (C(OH)–C–C–N with tert-alkyl or cyclic N) is 1. The molecule has 0 saturated carbocycles. The van der Waals surface area contributed by atoms with Gasteiger partial charge in [0.1, 0.15) is 11.2 Å². The fourth-order valence-corrected chi connectivity index (χ4v) is 6.04. The molecule has 3 N–H and O–H groups in total. The van der Waals surface area contributed by atoms with E-state index in [1.54, 1.807) is 35.5 Å². The Labute approximate surface area is 225 Å². The number of piperazine rings is 1. The molecule has 0 radical (unpaired) electrons. The molecule has 38 heavy (non-hydrogen) atoms. The van der Waals surface area contributed by atoms with Crippen LogP contribution in [0.2, 0.25) is 0 Å². The van der Waals surface area contributed by atoms with Crippen molar-refractivity contribution in [1.29, 1.82) is 0 Å². The number of aliphatic hydroxyl groups excluding tert-OH is 1. The van der Waals surface area contributed by atoms with Crippen LogP contribution in [0.25, 0.3) is 0 Å². The van der Waals surface area contributed by atoms with Gasteiger partial charge in [0.15, 0.2) is 5.82 Å². The van der Waals surface area contributed by atoms with Gasteiger partial charge < -0.3 is 10.0 Å². The highest BCUT2D eigenvalue weighted by Gasteiger charge is 2.28. The largest absolute Gasteiger partial charge is 0.395 e. The van der Waals surface area contributed by atoms with Crippen LogP contribution in [0.4, 0.5) is 22.9 Å². The lowest BCUT2D eigenvalue weighted by atomic mass is 10.1. The predicted molar refractivity (Wildman–Crippen MR) is 151 cm³/mol. The van der Waals surface area contributed by atoms with Crippen molar-refractivity contribution >= 4 is 32.9 Å². The van der Waals surface area contributed by atoms with Crippen molar-refractivity contribution < 1.29 is 13.5 Å². The van der Waals surface area contributed by atoms with Crippen LogP contribution in [0.3, 0.4) is 0 Å². The lowest BCUT2D eigenvalue weighted by Gasteiger charge is -2.36. The van der Waals surface area contributed by atoms with E-state index >= 15 is 0 Å². The number of nitrogens with zero attached hydrogens (tertiary/aromatic N) is 5. The molecular formula is C27H37N7O3S. The molecule has 0 atom stereocenters. The van der Waals surface area contributed by atoms with Crippen LogP contribution in [-0.2, 0) is 10.0 Å². The molecule has 0 bridgehead atoms. The number of aryl methyl sites for hydroxylation is 1.